The highest BCUT2D eigenvalue weighted by atomic mass is 16.6. The zero-order chi connectivity index (χ0) is 16.5. The van der Waals surface area contributed by atoms with Crippen molar-refractivity contribution in [3.63, 3.8) is 0 Å². The number of carbonyl (C=O) groups excluding carboxylic acids is 2. The first-order valence-corrected chi connectivity index (χ1v) is 7.33. The maximum atomic E-state index is 12.8. The topological polar surface area (TPSA) is 89.8 Å². The Morgan fingerprint density at radius 3 is 2.70 bits per heavy atom. The number of nitro groups is 1. The van der Waals surface area contributed by atoms with Crippen molar-refractivity contribution in [2.45, 2.75) is 25.6 Å². The third-order valence-corrected chi connectivity index (χ3v) is 4.98. The number of fused-ring (bicyclic) bond motifs is 5. The van der Waals surface area contributed by atoms with Crippen LogP contribution in [0.5, 0.6) is 0 Å². The summed E-state index contributed by atoms with van der Waals surface area (Å²) < 4.78 is 5.75. The molecule has 4 rings (SSSR count). The van der Waals surface area contributed by atoms with Gasteiger partial charge in [0.25, 0.3) is 5.69 Å². The highest BCUT2D eigenvalue weighted by molar-refractivity contribution is 6.23. The summed E-state index contributed by atoms with van der Waals surface area (Å²) in [7, 11) is 0. The molecule has 0 unspecified atom stereocenters. The maximum Gasteiger partial charge on any atom is 0.274 e. The molecule has 0 spiro atoms. The number of amides is 2. The van der Waals surface area contributed by atoms with Crippen LogP contribution in [-0.4, -0.2) is 28.4 Å². The van der Waals surface area contributed by atoms with Gasteiger partial charge in [0.15, 0.2) is 0 Å². The Morgan fingerprint density at radius 2 is 2.04 bits per heavy atom. The highest BCUT2D eigenvalue weighted by Crippen LogP contribution is 2.52. The highest BCUT2D eigenvalue weighted by Gasteiger charge is 2.66. The predicted molar refractivity (Wildman–Crippen MR) is 79.7 cm³/mol. The minimum absolute atomic E-state index is 0.108. The van der Waals surface area contributed by atoms with Crippen molar-refractivity contribution in [3.05, 3.63) is 46.0 Å². The molecule has 0 aliphatic carbocycles. The Morgan fingerprint density at radius 1 is 1.30 bits per heavy atom. The maximum absolute atomic E-state index is 12.8. The normalized spacial score (nSPS) is 34.3. The van der Waals surface area contributed by atoms with Crippen molar-refractivity contribution < 1.29 is 19.2 Å². The van der Waals surface area contributed by atoms with Crippen LogP contribution >= 0.6 is 0 Å². The second-order valence-electron chi connectivity index (χ2n) is 6.37. The first-order chi connectivity index (χ1) is 10.8. The molecular formula is C16H14N2O5. The standard InChI is InChI=1S/C16H14N2O5/c1-8-3-4-9(7-10(8)18(21)22)17-14(19)12-11-5-6-16(2,23-11)13(12)15(17)20/h3-7,11-13H,1-2H3/t11-,12-,13+,16-/m0/s1. The summed E-state index contributed by atoms with van der Waals surface area (Å²) >= 11 is 0. The van der Waals surface area contributed by atoms with Crippen molar-refractivity contribution in [2.24, 2.45) is 11.8 Å². The fourth-order valence-corrected chi connectivity index (χ4v) is 3.84. The summed E-state index contributed by atoms with van der Waals surface area (Å²) in [4.78, 5) is 37.2. The minimum atomic E-state index is -0.770. The van der Waals surface area contributed by atoms with Crippen molar-refractivity contribution in [2.75, 3.05) is 4.90 Å². The molecule has 0 saturated carbocycles. The molecule has 4 atom stereocenters. The van der Waals surface area contributed by atoms with Crippen molar-refractivity contribution >= 4 is 23.2 Å². The van der Waals surface area contributed by atoms with Crippen LogP contribution in [0.2, 0.25) is 0 Å². The molecule has 0 N–H and O–H groups in total. The number of benzene rings is 1. The van der Waals surface area contributed by atoms with Gasteiger partial charge in [-0.05, 0) is 19.9 Å². The van der Waals surface area contributed by atoms with E-state index in [1.807, 2.05) is 12.2 Å². The van der Waals surface area contributed by atoms with E-state index in [0.29, 0.717) is 5.56 Å². The summed E-state index contributed by atoms with van der Waals surface area (Å²) in [5.74, 6) is -1.81. The van der Waals surface area contributed by atoms with E-state index in [1.165, 1.54) is 6.07 Å². The largest absolute Gasteiger partial charge is 0.362 e. The van der Waals surface area contributed by atoms with Gasteiger partial charge in [-0.25, -0.2) is 4.90 Å². The van der Waals surface area contributed by atoms with E-state index in [9.17, 15) is 19.7 Å². The van der Waals surface area contributed by atoms with Crippen molar-refractivity contribution in [1.82, 2.24) is 0 Å². The summed E-state index contributed by atoms with van der Waals surface area (Å²) in [5, 5.41) is 11.1. The third kappa shape index (κ3) is 1.68. The molecule has 1 aromatic carbocycles. The molecule has 3 heterocycles. The molecule has 7 heteroatoms. The van der Waals surface area contributed by atoms with Gasteiger partial charge in [0.1, 0.15) is 0 Å². The van der Waals surface area contributed by atoms with Gasteiger partial charge in [0, 0.05) is 11.6 Å². The first-order valence-electron chi connectivity index (χ1n) is 7.33. The van der Waals surface area contributed by atoms with E-state index in [-0.39, 0.29) is 23.2 Å². The zero-order valence-electron chi connectivity index (χ0n) is 12.6. The van der Waals surface area contributed by atoms with E-state index < -0.39 is 28.5 Å². The Bertz CT molecular complexity index is 802. The average Bonchev–Trinajstić information content (AvgIpc) is 3.09. The van der Waals surface area contributed by atoms with Gasteiger partial charge < -0.3 is 4.74 Å². The van der Waals surface area contributed by atoms with Crippen LogP contribution in [0, 0.1) is 28.9 Å². The molecule has 0 aromatic heterocycles. The monoisotopic (exact) mass is 314 g/mol. The van der Waals surface area contributed by atoms with Gasteiger partial charge in [-0.3, -0.25) is 19.7 Å². The smallest absolute Gasteiger partial charge is 0.274 e. The van der Waals surface area contributed by atoms with E-state index in [0.717, 1.165) is 4.90 Å². The molecule has 0 radical (unpaired) electrons. The minimum Gasteiger partial charge on any atom is -0.362 e. The van der Waals surface area contributed by atoms with E-state index in [1.54, 1.807) is 26.0 Å². The molecule has 23 heavy (non-hydrogen) atoms. The SMILES string of the molecule is Cc1ccc(N2C(=O)[C@H]3[C@@H]4C=C[C@](C)(O4)[C@H]3C2=O)cc1[N+](=O)[O-]. The molecule has 3 aliphatic heterocycles. The summed E-state index contributed by atoms with van der Waals surface area (Å²) in [6.45, 7) is 3.41. The van der Waals surface area contributed by atoms with Crippen molar-refractivity contribution in [1.29, 1.82) is 0 Å². The molecular weight excluding hydrogens is 300 g/mol. The number of hydrogen-bond acceptors (Lipinski definition) is 5. The van der Waals surface area contributed by atoms with E-state index in [4.69, 9.17) is 4.74 Å². The lowest BCUT2D eigenvalue weighted by Gasteiger charge is -2.24. The number of imide groups is 1. The van der Waals surface area contributed by atoms with E-state index in [2.05, 4.69) is 0 Å². The molecule has 118 valence electrons. The Hall–Kier alpha value is -2.54. The fraction of sp³-hybridized carbons (Fsp3) is 0.375. The lowest BCUT2D eigenvalue weighted by atomic mass is 9.78. The van der Waals surface area contributed by atoms with Crippen LogP contribution < -0.4 is 4.90 Å². The number of aryl methyl sites for hydroxylation is 1. The average molecular weight is 314 g/mol. The summed E-state index contributed by atoms with van der Waals surface area (Å²) in [6, 6.07) is 4.40. The molecule has 7 nitrogen and oxygen atoms in total. The van der Waals surface area contributed by atoms with Gasteiger partial charge >= 0.3 is 0 Å². The van der Waals surface area contributed by atoms with Crippen LogP contribution in [0.25, 0.3) is 0 Å². The predicted octanol–water partition coefficient (Wildman–Crippen LogP) is 1.74. The van der Waals surface area contributed by atoms with Crippen LogP contribution in [0.4, 0.5) is 11.4 Å². The molecule has 3 aliphatic rings. The van der Waals surface area contributed by atoms with Crippen LogP contribution in [-0.2, 0) is 14.3 Å². The number of hydrogen-bond donors (Lipinski definition) is 0. The molecule has 2 bridgehead atoms. The van der Waals surface area contributed by atoms with Crippen molar-refractivity contribution in [3.8, 4) is 0 Å². The Labute approximate surface area is 131 Å². The zero-order valence-corrected chi connectivity index (χ0v) is 12.6. The number of anilines is 1. The quantitative estimate of drug-likeness (QED) is 0.359. The Kier molecular flexibility index (Phi) is 2.61. The van der Waals surface area contributed by atoms with Crippen LogP contribution in [0.1, 0.15) is 12.5 Å². The van der Waals surface area contributed by atoms with Gasteiger partial charge in [0.05, 0.1) is 34.2 Å². The first kappa shape index (κ1) is 14.1. The van der Waals surface area contributed by atoms with Crippen LogP contribution in [0.3, 0.4) is 0 Å². The lowest BCUT2D eigenvalue weighted by molar-refractivity contribution is -0.385. The number of nitrogens with zero attached hydrogens (tertiary/aromatic N) is 2. The number of carbonyl (C=O) groups is 2. The number of nitro benzene ring substituents is 1. The summed E-state index contributed by atoms with van der Waals surface area (Å²) in [6.07, 6.45) is 3.24. The second-order valence-corrected chi connectivity index (χ2v) is 6.37. The number of rotatable bonds is 2. The van der Waals surface area contributed by atoms with Gasteiger partial charge in [0.2, 0.25) is 11.8 Å². The lowest BCUT2D eigenvalue weighted by Crippen LogP contribution is -2.38. The third-order valence-electron chi connectivity index (χ3n) is 4.98. The molecule has 2 saturated heterocycles. The molecule has 2 fully saturated rings. The number of ether oxygens (including phenoxy) is 1. The molecule has 1 aromatic rings. The van der Waals surface area contributed by atoms with Crippen LogP contribution in [0.15, 0.2) is 30.4 Å². The second kappa shape index (κ2) is 4.26. The fourth-order valence-electron chi connectivity index (χ4n) is 3.84. The van der Waals surface area contributed by atoms with Gasteiger partial charge in [-0.1, -0.05) is 18.2 Å². The molecule has 2 amide bonds. The summed E-state index contributed by atoms with van der Waals surface area (Å²) in [5.41, 5.74) is -0.151. The van der Waals surface area contributed by atoms with Gasteiger partial charge in [-0.2, -0.15) is 0 Å². The Balaban J connectivity index is 1.78. The van der Waals surface area contributed by atoms with Gasteiger partial charge in [-0.15, -0.1) is 0 Å². The van der Waals surface area contributed by atoms with E-state index >= 15 is 0 Å².